The van der Waals surface area contributed by atoms with Crippen molar-refractivity contribution in [3.63, 3.8) is 0 Å². The Hall–Kier alpha value is -1.41. The van der Waals surface area contributed by atoms with E-state index in [9.17, 15) is 17.2 Å². The minimum atomic E-state index is -4.31. The lowest BCUT2D eigenvalue weighted by atomic mass is 10.1. The van der Waals surface area contributed by atoms with Gasteiger partial charge in [0.15, 0.2) is 23.1 Å². The van der Waals surface area contributed by atoms with Crippen molar-refractivity contribution in [2.75, 3.05) is 20.0 Å². The fourth-order valence-corrected chi connectivity index (χ4v) is 1.85. The molecule has 1 aromatic carbocycles. The number of rotatable bonds is 5. The zero-order chi connectivity index (χ0) is 13.9. The lowest BCUT2D eigenvalue weighted by Gasteiger charge is -2.11. The van der Waals surface area contributed by atoms with Gasteiger partial charge >= 0.3 is 0 Å². The molecule has 0 saturated carbocycles. The molecule has 0 spiro atoms. The Balaban J connectivity index is 3.23. The molecular formula is C10H12F2O5S. The normalized spacial score (nSPS) is 11.4. The molecule has 0 radical (unpaired) electrons. The van der Waals surface area contributed by atoms with Gasteiger partial charge in [-0.05, 0) is 6.42 Å². The van der Waals surface area contributed by atoms with E-state index in [-0.39, 0.29) is 11.5 Å². The number of methoxy groups -OCH3 is 2. The molecule has 0 saturated heterocycles. The molecule has 5 nitrogen and oxygen atoms in total. The first kappa shape index (κ1) is 14.7. The first-order valence-electron chi connectivity index (χ1n) is 4.84. The standard InChI is InChI=1S/C10H12F2O5S/c1-16-7-5-8(17-2)10(12)6(9(7)11)3-4-18(13,14)15/h5H,3-4H2,1-2H3,(H,13,14,15). The van der Waals surface area contributed by atoms with Gasteiger partial charge in [-0.15, -0.1) is 0 Å². The predicted octanol–water partition coefficient (Wildman–Crippen LogP) is 1.41. The molecule has 8 heteroatoms. The molecular weight excluding hydrogens is 270 g/mol. The van der Waals surface area contributed by atoms with Crippen LogP contribution in [0.1, 0.15) is 5.56 Å². The van der Waals surface area contributed by atoms with Crippen molar-refractivity contribution in [2.24, 2.45) is 0 Å². The molecule has 0 bridgehead atoms. The first-order chi connectivity index (χ1) is 8.30. The molecule has 0 aliphatic rings. The van der Waals surface area contributed by atoms with Crippen molar-refractivity contribution >= 4 is 10.1 Å². The maximum absolute atomic E-state index is 13.7. The summed E-state index contributed by atoms with van der Waals surface area (Å²) in [6.45, 7) is 0. The molecule has 0 aromatic heterocycles. The predicted molar refractivity (Wildman–Crippen MR) is 59.6 cm³/mol. The fraction of sp³-hybridized carbons (Fsp3) is 0.400. The summed E-state index contributed by atoms with van der Waals surface area (Å²) in [6, 6.07) is 1.02. The summed E-state index contributed by atoms with van der Waals surface area (Å²) in [5.41, 5.74) is -0.510. The Bertz CT molecular complexity index is 513. The number of benzene rings is 1. The van der Waals surface area contributed by atoms with Crippen LogP contribution in [0.15, 0.2) is 6.07 Å². The highest BCUT2D eigenvalue weighted by atomic mass is 32.2. The van der Waals surface area contributed by atoms with Crippen LogP contribution in [0.25, 0.3) is 0 Å². The SMILES string of the molecule is COc1cc(OC)c(F)c(CCS(=O)(=O)O)c1F. The second-order valence-corrected chi connectivity index (χ2v) is 5.00. The third-order valence-corrected chi connectivity index (χ3v) is 2.99. The van der Waals surface area contributed by atoms with E-state index in [2.05, 4.69) is 9.47 Å². The van der Waals surface area contributed by atoms with E-state index in [0.29, 0.717) is 0 Å². The molecule has 1 N–H and O–H groups in total. The van der Waals surface area contributed by atoms with Crippen LogP contribution < -0.4 is 9.47 Å². The summed E-state index contributed by atoms with van der Waals surface area (Å²) in [4.78, 5) is 0. The molecule has 0 aliphatic heterocycles. The summed E-state index contributed by atoms with van der Waals surface area (Å²) < 4.78 is 66.6. The Labute approximate surface area is 103 Å². The van der Waals surface area contributed by atoms with Gasteiger partial charge in [0.1, 0.15) is 0 Å². The van der Waals surface area contributed by atoms with Crippen LogP contribution >= 0.6 is 0 Å². The Morgan fingerprint density at radius 2 is 1.61 bits per heavy atom. The smallest absolute Gasteiger partial charge is 0.265 e. The molecule has 102 valence electrons. The van der Waals surface area contributed by atoms with Gasteiger partial charge in [-0.1, -0.05) is 0 Å². The van der Waals surface area contributed by atoms with Crippen LogP contribution in [0.2, 0.25) is 0 Å². The van der Waals surface area contributed by atoms with E-state index in [1.165, 1.54) is 14.2 Å². The molecule has 1 rings (SSSR count). The van der Waals surface area contributed by atoms with Crippen molar-refractivity contribution in [3.8, 4) is 11.5 Å². The topological polar surface area (TPSA) is 72.8 Å². The van der Waals surface area contributed by atoms with E-state index < -0.39 is 39.5 Å². The monoisotopic (exact) mass is 282 g/mol. The highest BCUT2D eigenvalue weighted by molar-refractivity contribution is 7.85. The molecule has 0 heterocycles. The van der Waals surface area contributed by atoms with E-state index in [1.54, 1.807) is 0 Å². The van der Waals surface area contributed by atoms with Crippen LogP contribution in [0, 0.1) is 11.6 Å². The van der Waals surface area contributed by atoms with E-state index >= 15 is 0 Å². The summed E-state index contributed by atoms with van der Waals surface area (Å²) >= 11 is 0. The Morgan fingerprint density at radius 3 is 1.94 bits per heavy atom. The molecule has 0 amide bonds. The van der Waals surface area contributed by atoms with E-state index in [4.69, 9.17) is 4.55 Å². The van der Waals surface area contributed by atoms with Gasteiger partial charge in [-0.2, -0.15) is 8.42 Å². The highest BCUT2D eigenvalue weighted by Crippen LogP contribution is 2.31. The average molecular weight is 282 g/mol. The van der Waals surface area contributed by atoms with E-state index in [0.717, 1.165) is 6.07 Å². The molecule has 1 aromatic rings. The number of ether oxygens (including phenoxy) is 2. The highest BCUT2D eigenvalue weighted by Gasteiger charge is 2.21. The maximum Gasteiger partial charge on any atom is 0.265 e. The fourth-order valence-electron chi connectivity index (χ4n) is 1.39. The lowest BCUT2D eigenvalue weighted by molar-refractivity contribution is 0.353. The quantitative estimate of drug-likeness (QED) is 0.827. The van der Waals surface area contributed by atoms with Gasteiger partial charge in [-0.3, -0.25) is 4.55 Å². The molecule has 0 unspecified atom stereocenters. The Morgan fingerprint density at radius 1 is 1.17 bits per heavy atom. The van der Waals surface area contributed by atoms with Crippen molar-refractivity contribution in [1.82, 2.24) is 0 Å². The van der Waals surface area contributed by atoms with Crippen LogP contribution in [-0.4, -0.2) is 32.9 Å². The number of hydrogen-bond acceptors (Lipinski definition) is 4. The van der Waals surface area contributed by atoms with Gasteiger partial charge in [-0.25, -0.2) is 8.78 Å². The number of halogens is 2. The Kier molecular flexibility index (Phi) is 4.47. The van der Waals surface area contributed by atoms with E-state index in [1.807, 2.05) is 0 Å². The summed E-state index contributed by atoms with van der Waals surface area (Å²) in [7, 11) is -1.94. The van der Waals surface area contributed by atoms with Crippen molar-refractivity contribution in [1.29, 1.82) is 0 Å². The summed E-state index contributed by atoms with van der Waals surface area (Å²) in [5.74, 6) is -3.35. The molecule has 0 fully saturated rings. The molecule has 0 aliphatic carbocycles. The van der Waals surface area contributed by atoms with Crippen LogP contribution in [-0.2, 0) is 16.5 Å². The average Bonchev–Trinajstić information content (AvgIpc) is 2.28. The van der Waals surface area contributed by atoms with Gasteiger partial charge in [0.2, 0.25) is 0 Å². The second-order valence-electron chi connectivity index (χ2n) is 3.42. The van der Waals surface area contributed by atoms with Gasteiger partial charge in [0.25, 0.3) is 10.1 Å². The zero-order valence-electron chi connectivity index (χ0n) is 9.74. The largest absolute Gasteiger partial charge is 0.494 e. The first-order valence-corrected chi connectivity index (χ1v) is 6.45. The second kappa shape index (κ2) is 5.49. The van der Waals surface area contributed by atoms with Gasteiger partial charge < -0.3 is 9.47 Å². The zero-order valence-corrected chi connectivity index (χ0v) is 10.6. The maximum atomic E-state index is 13.7. The third kappa shape index (κ3) is 3.30. The van der Waals surface area contributed by atoms with Crippen molar-refractivity contribution in [3.05, 3.63) is 23.3 Å². The van der Waals surface area contributed by atoms with Crippen molar-refractivity contribution < 1.29 is 31.2 Å². The number of hydrogen-bond donors (Lipinski definition) is 1. The minimum Gasteiger partial charge on any atom is -0.494 e. The molecule has 0 atom stereocenters. The van der Waals surface area contributed by atoms with Gasteiger partial charge in [0, 0.05) is 11.6 Å². The van der Waals surface area contributed by atoms with Crippen LogP contribution in [0.3, 0.4) is 0 Å². The van der Waals surface area contributed by atoms with Crippen LogP contribution in [0.5, 0.6) is 11.5 Å². The summed E-state index contributed by atoms with van der Waals surface area (Å²) in [5, 5.41) is 0. The summed E-state index contributed by atoms with van der Waals surface area (Å²) in [6.07, 6.45) is -0.524. The minimum absolute atomic E-state index is 0.265. The third-order valence-electron chi connectivity index (χ3n) is 2.27. The molecule has 18 heavy (non-hydrogen) atoms. The van der Waals surface area contributed by atoms with Crippen LogP contribution in [0.4, 0.5) is 8.78 Å². The van der Waals surface area contributed by atoms with Gasteiger partial charge in [0.05, 0.1) is 20.0 Å². The van der Waals surface area contributed by atoms with Crippen molar-refractivity contribution in [2.45, 2.75) is 6.42 Å². The lowest BCUT2D eigenvalue weighted by Crippen LogP contribution is -2.10.